The number of aromatic nitrogens is 3. The van der Waals surface area contributed by atoms with Gasteiger partial charge in [-0.1, -0.05) is 6.92 Å². The Kier molecular flexibility index (Phi) is 4.60. The molecule has 0 saturated heterocycles. The molecule has 5 nitrogen and oxygen atoms in total. The molecular formula is C16H24N4O. The van der Waals surface area contributed by atoms with Crippen molar-refractivity contribution < 1.29 is 4.74 Å². The predicted molar refractivity (Wildman–Crippen MR) is 86.2 cm³/mol. The second kappa shape index (κ2) is 6.24. The van der Waals surface area contributed by atoms with Crippen LogP contribution in [0.25, 0.3) is 10.9 Å². The van der Waals surface area contributed by atoms with Gasteiger partial charge in [0, 0.05) is 37.1 Å². The van der Waals surface area contributed by atoms with Gasteiger partial charge in [-0.15, -0.1) is 0 Å². The summed E-state index contributed by atoms with van der Waals surface area (Å²) < 4.78 is 7.87. The predicted octanol–water partition coefficient (Wildman–Crippen LogP) is 3.16. The molecule has 0 bridgehead atoms. The molecule has 0 amide bonds. The number of hydrogen-bond acceptors (Lipinski definition) is 4. The van der Waals surface area contributed by atoms with E-state index in [4.69, 9.17) is 4.74 Å². The third-order valence-corrected chi connectivity index (χ3v) is 3.51. The van der Waals surface area contributed by atoms with Crippen molar-refractivity contribution in [2.45, 2.75) is 40.7 Å². The van der Waals surface area contributed by atoms with Crippen LogP contribution in [0.15, 0.2) is 17.3 Å². The fourth-order valence-electron chi connectivity index (χ4n) is 2.08. The van der Waals surface area contributed by atoms with Gasteiger partial charge < -0.3 is 4.74 Å². The lowest BCUT2D eigenvalue weighted by atomic mass is 10.1. The number of pyridine rings is 1. The molecule has 2 aromatic rings. The molecule has 0 aliphatic rings. The number of fused-ring (bicyclic) bond motifs is 1. The Labute approximate surface area is 126 Å². The zero-order chi connectivity index (χ0) is 15.6. The van der Waals surface area contributed by atoms with Crippen molar-refractivity contribution in [3.05, 3.63) is 18.0 Å². The molecule has 2 unspecified atom stereocenters. The third kappa shape index (κ3) is 3.80. The van der Waals surface area contributed by atoms with E-state index in [1.807, 2.05) is 40.1 Å². The quantitative estimate of drug-likeness (QED) is 0.794. The van der Waals surface area contributed by atoms with Crippen LogP contribution >= 0.6 is 0 Å². The maximum absolute atomic E-state index is 6.08. The van der Waals surface area contributed by atoms with Crippen LogP contribution in [-0.2, 0) is 7.05 Å². The molecule has 0 aliphatic carbocycles. The zero-order valence-electron chi connectivity index (χ0n) is 13.7. The van der Waals surface area contributed by atoms with E-state index in [0.717, 1.165) is 28.9 Å². The van der Waals surface area contributed by atoms with Gasteiger partial charge in [-0.2, -0.15) is 5.10 Å². The Morgan fingerprint density at radius 1 is 1.38 bits per heavy atom. The smallest absolute Gasteiger partial charge is 0.225 e. The first-order chi connectivity index (χ1) is 9.86. The Morgan fingerprint density at radius 3 is 2.76 bits per heavy atom. The number of aryl methyl sites for hydroxylation is 2. The molecule has 2 aromatic heterocycles. The van der Waals surface area contributed by atoms with Gasteiger partial charge in [0.2, 0.25) is 5.88 Å². The van der Waals surface area contributed by atoms with Crippen LogP contribution in [0.5, 0.6) is 5.88 Å². The highest BCUT2D eigenvalue weighted by Gasteiger charge is 2.17. The SMILES string of the molecule is CC(C)=NCC(C)C(C)Oc1nc(C)cc2nn(C)cc12. The fourth-order valence-corrected chi connectivity index (χ4v) is 2.08. The summed E-state index contributed by atoms with van der Waals surface area (Å²) in [5.74, 6) is 0.989. The molecule has 2 rings (SSSR count). The summed E-state index contributed by atoms with van der Waals surface area (Å²) in [7, 11) is 1.91. The summed E-state index contributed by atoms with van der Waals surface area (Å²) in [4.78, 5) is 8.99. The number of ether oxygens (including phenoxy) is 1. The molecule has 0 saturated carbocycles. The van der Waals surface area contributed by atoms with Gasteiger partial charge in [0.25, 0.3) is 0 Å². The average Bonchev–Trinajstić information content (AvgIpc) is 2.76. The first-order valence-electron chi connectivity index (χ1n) is 7.32. The molecule has 2 heterocycles. The molecule has 0 spiro atoms. The second-order valence-corrected chi connectivity index (χ2v) is 5.89. The van der Waals surface area contributed by atoms with Crippen molar-refractivity contribution >= 4 is 16.6 Å². The van der Waals surface area contributed by atoms with Crippen LogP contribution in [0.3, 0.4) is 0 Å². The van der Waals surface area contributed by atoms with Crippen molar-refractivity contribution in [3.63, 3.8) is 0 Å². The standard InChI is InChI=1S/C16H24N4O/c1-10(2)17-8-11(3)13(5)21-16-14-9-20(6)19-15(14)7-12(4)18-16/h7,9,11,13H,8H2,1-6H3. The maximum Gasteiger partial charge on any atom is 0.225 e. The van der Waals surface area contributed by atoms with Gasteiger partial charge in [0.15, 0.2) is 0 Å². The Hall–Kier alpha value is -1.91. The van der Waals surface area contributed by atoms with Crippen LogP contribution in [-0.4, -0.2) is 33.1 Å². The lowest BCUT2D eigenvalue weighted by Gasteiger charge is -2.20. The van der Waals surface area contributed by atoms with E-state index in [1.54, 1.807) is 4.68 Å². The molecule has 0 aromatic carbocycles. The largest absolute Gasteiger partial charge is 0.474 e. The minimum Gasteiger partial charge on any atom is -0.474 e. The van der Waals surface area contributed by atoms with E-state index >= 15 is 0 Å². The van der Waals surface area contributed by atoms with Crippen molar-refractivity contribution in [1.82, 2.24) is 14.8 Å². The maximum atomic E-state index is 6.08. The van der Waals surface area contributed by atoms with Crippen LogP contribution in [0.2, 0.25) is 0 Å². The van der Waals surface area contributed by atoms with E-state index in [0.29, 0.717) is 11.8 Å². The van der Waals surface area contributed by atoms with Gasteiger partial charge in [-0.25, -0.2) is 4.98 Å². The molecule has 2 atom stereocenters. The minimum absolute atomic E-state index is 0.0470. The lowest BCUT2D eigenvalue weighted by Crippen LogP contribution is -2.24. The highest BCUT2D eigenvalue weighted by molar-refractivity contribution is 5.83. The van der Waals surface area contributed by atoms with E-state index < -0.39 is 0 Å². The summed E-state index contributed by atoms with van der Waals surface area (Å²) in [6.07, 6.45) is 1.99. The Bertz CT molecular complexity index is 656. The minimum atomic E-state index is 0.0470. The van der Waals surface area contributed by atoms with E-state index in [-0.39, 0.29) is 6.10 Å². The molecule has 0 radical (unpaired) electrons. The number of rotatable bonds is 5. The van der Waals surface area contributed by atoms with Gasteiger partial charge in [0.05, 0.1) is 10.9 Å². The summed E-state index contributed by atoms with van der Waals surface area (Å²) in [6.45, 7) is 11.0. The van der Waals surface area contributed by atoms with E-state index in [9.17, 15) is 0 Å². The summed E-state index contributed by atoms with van der Waals surface area (Å²) in [5, 5.41) is 5.38. The van der Waals surface area contributed by atoms with Crippen molar-refractivity contribution in [3.8, 4) is 5.88 Å². The van der Waals surface area contributed by atoms with Gasteiger partial charge >= 0.3 is 0 Å². The monoisotopic (exact) mass is 288 g/mol. The first-order valence-corrected chi connectivity index (χ1v) is 7.32. The molecule has 0 N–H and O–H groups in total. The molecule has 0 aliphatic heterocycles. The first kappa shape index (κ1) is 15.5. The molecule has 21 heavy (non-hydrogen) atoms. The summed E-state index contributed by atoms with van der Waals surface area (Å²) in [5.41, 5.74) is 2.93. The van der Waals surface area contributed by atoms with E-state index in [1.165, 1.54) is 0 Å². The number of aliphatic imine (C=N–C) groups is 1. The highest BCUT2D eigenvalue weighted by atomic mass is 16.5. The molecule has 114 valence electrons. The fraction of sp³-hybridized carbons (Fsp3) is 0.562. The molecule has 5 heteroatoms. The van der Waals surface area contributed by atoms with Gasteiger partial charge in [0.1, 0.15) is 6.10 Å². The third-order valence-electron chi connectivity index (χ3n) is 3.51. The summed E-state index contributed by atoms with van der Waals surface area (Å²) in [6, 6.07) is 1.97. The Morgan fingerprint density at radius 2 is 2.10 bits per heavy atom. The Balaban J connectivity index is 2.20. The van der Waals surface area contributed by atoms with Crippen LogP contribution in [0.1, 0.15) is 33.4 Å². The van der Waals surface area contributed by atoms with E-state index in [2.05, 4.69) is 28.9 Å². The van der Waals surface area contributed by atoms with Crippen LogP contribution in [0, 0.1) is 12.8 Å². The second-order valence-electron chi connectivity index (χ2n) is 5.89. The van der Waals surface area contributed by atoms with Crippen molar-refractivity contribution in [1.29, 1.82) is 0 Å². The van der Waals surface area contributed by atoms with Crippen LogP contribution in [0.4, 0.5) is 0 Å². The van der Waals surface area contributed by atoms with Crippen LogP contribution < -0.4 is 4.74 Å². The highest BCUT2D eigenvalue weighted by Crippen LogP contribution is 2.25. The topological polar surface area (TPSA) is 52.3 Å². The number of nitrogens with zero attached hydrogens (tertiary/aromatic N) is 4. The van der Waals surface area contributed by atoms with Gasteiger partial charge in [-0.05, 0) is 33.8 Å². The normalized spacial score (nSPS) is 14.0. The van der Waals surface area contributed by atoms with Gasteiger partial charge in [-0.3, -0.25) is 9.67 Å². The number of hydrogen-bond donors (Lipinski definition) is 0. The molecule has 0 fully saturated rings. The average molecular weight is 288 g/mol. The van der Waals surface area contributed by atoms with Crippen molar-refractivity contribution in [2.75, 3.05) is 6.54 Å². The summed E-state index contributed by atoms with van der Waals surface area (Å²) >= 11 is 0. The molecular weight excluding hydrogens is 264 g/mol. The zero-order valence-corrected chi connectivity index (χ0v) is 13.7. The lowest BCUT2D eigenvalue weighted by molar-refractivity contribution is 0.160. The van der Waals surface area contributed by atoms with Crippen molar-refractivity contribution in [2.24, 2.45) is 18.0 Å².